The average molecular weight is 360 g/mol. The summed E-state index contributed by atoms with van der Waals surface area (Å²) in [5.74, 6) is 1.39. The molecule has 3 rings (SSSR count). The summed E-state index contributed by atoms with van der Waals surface area (Å²) in [6, 6.07) is 13.5. The van der Waals surface area contributed by atoms with E-state index in [1.165, 1.54) is 16.7 Å². The lowest BCUT2D eigenvalue weighted by atomic mass is 9.69. The number of hydrogen-bond donors (Lipinski definition) is 1. The van der Waals surface area contributed by atoms with Gasteiger partial charge in [0.25, 0.3) is 0 Å². The number of fused-ring (bicyclic) bond motifs is 1. The topological polar surface area (TPSA) is 46.5 Å². The highest BCUT2D eigenvalue weighted by Gasteiger charge is 2.32. The van der Waals surface area contributed by atoms with Crippen LogP contribution in [0, 0.1) is 5.92 Å². The van der Waals surface area contributed by atoms with E-state index in [4.69, 9.17) is 4.74 Å². The van der Waals surface area contributed by atoms with Gasteiger partial charge in [-0.3, -0.25) is 4.79 Å². The molecule has 27 heavy (non-hydrogen) atoms. The minimum Gasteiger partial charge on any atom is -0.508 e. The van der Waals surface area contributed by atoms with Crippen molar-refractivity contribution in [2.75, 3.05) is 6.61 Å². The Balaban J connectivity index is 2.00. The zero-order valence-corrected chi connectivity index (χ0v) is 15.3. The predicted octanol–water partition coefficient (Wildman–Crippen LogP) is 4.96. The quantitative estimate of drug-likeness (QED) is 0.560. The number of rotatable bonds is 7. The highest BCUT2D eigenvalue weighted by atomic mass is 16.5. The minimum atomic E-state index is 0.0522. The molecule has 0 amide bonds. The van der Waals surface area contributed by atoms with Gasteiger partial charge < -0.3 is 9.84 Å². The van der Waals surface area contributed by atoms with Crippen LogP contribution in [0.4, 0.5) is 0 Å². The van der Waals surface area contributed by atoms with Crippen molar-refractivity contribution in [3.63, 3.8) is 0 Å². The van der Waals surface area contributed by atoms with E-state index < -0.39 is 0 Å². The summed E-state index contributed by atoms with van der Waals surface area (Å²) in [6.45, 7) is 8.09. The Hall–Kier alpha value is -3.07. The number of aromatic hydroxyl groups is 1. The molecule has 3 heteroatoms. The standard InChI is InChI=1S/C24H24O3/c1-3-4-5-17(2)22-12-8-19-16-20(26)9-13-23(19)24(22)18-6-10-21(11-7-18)27-15-14-25/h3-7,9-11,13-14,16,22,24,26H,1-2,8,12,15H2/b5-4-/t22-,24+/m1/s1. The van der Waals surface area contributed by atoms with E-state index in [9.17, 15) is 9.90 Å². The second-order valence-electron chi connectivity index (χ2n) is 6.72. The number of hydrogen-bond acceptors (Lipinski definition) is 3. The molecule has 0 saturated heterocycles. The van der Waals surface area contributed by atoms with Crippen LogP contribution in [0.3, 0.4) is 0 Å². The number of benzene rings is 2. The molecule has 0 heterocycles. The summed E-state index contributed by atoms with van der Waals surface area (Å²) < 4.78 is 5.37. The van der Waals surface area contributed by atoms with Gasteiger partial charge in [0, 0.05) is 5.92 Å². The molecule has 0 aliphatic heterocycles. The number of carbonyl (C=O) groups excluding carboxylic acids is 1. The number of aryl methyl sites for hydroxylation is 1. The molecule has 0 unspecified atom stereocenters. The van der Waals surface area contributed by atoms with E-state index in [1.54, 1.807) is 12.1 Å². The molecule has 0 bridgehead atoms. The minimum absolute atomic E-state index is 0.0522. The Morgan fingerprint density at radius 2 is 2.00 bits per heavy atom. The fourth-order valence-corrected chi connectivity index (χ4v) is 3.83. The van der Waals surface area contributed by atoms with Crippen LogP contribution in [-0.4, -0.2) is 18.0 Å². The first kappa shape index (κ1) is 18.7. The van der Waals surface area contributed by atoms with Crippen LogP contribution in [0.2, 0.25) is 0 Å². The van der Waals surface area contributed by atoms with Crippen LogP contribution >= 0.6 is 0 Å². The van der Waals surface area contributed by atoms with Crippen molar-refractivity contribution in [3.8, 4) is 11.5 Å². The summed E-state index contributed by atoms with van der Waals surface area (Å²) in [5, 5.41) is 9.87. The first-order valence-electron chi connectivity index (χ1n) is 9.10. The highest BCUT2D eigenvalue weighted by Crippen LogP contribution is 2.45. The lowest BCUT2D eigenvalue weighted by molar-refractivity contribution is -0.109. The predicted molar refractivity (Wildman–Crippen MR) is 108 cm³/mol. The van der Waals surface area contributed by atoms with Gasteiger partial charge in [-0.2, -0.15) is 0 Å². The normalized spacial score (nSPS) is 18.7. The summed E-state index contributed by atoms with van der Waals surface area (Å²) in [4.78, 5) is 10.5. The van der Waals surface area contributed by atoms with E-state index in [0.717, 1.165) is 24.7 Å². The summed E-state index contributed by atoms with van der Waals surface area (Å²) in [5.41, 5.74) is 4.63. The molecule has 0 radical (unpaired) electrons. The average Bonchev–Trinajstić information content (AvgIpc) is 2.70. The second kappa shape index (κ2) is 8.54. The molecule has 2 aromatic carbocycles. The van der Waals surface area contributed by atoms with Gasteiger partial charge in [-0.25, -0.2) is 0 Å². The van der Waals surface area contributed by atoms with Crippen molar-refractivity contribution in [3.05, 3.63) is 96.1 Å². The summed E-state index contributed by atoms with van der Waals surface area (Å²) >= 11 is 0. The molecule has 0 saturated carbocycles. The third-order valence-electron chi connectivity index (χ3n) is 5.07. The Bertz CT molecular complexity index is 862. The van der Waals surface area contributed by atoms with Crippen molar-refractivity contribution in [1.82, 2.24) is 0 Å². The van der Waals surface area contributed by atoms with E-state index in [1.807, 2.05) is 48.6 Å². The second-order valence-corrected chi connectivity index (χ2v) is 6.72. The third kappa shape index (κ3) is 4.20. The Labute approximate surface area is 160 Å². The third-order valence-corrected chi connectivity index (χ3v) is 5.07. The fraction of sp³-hybridized carbons (Fsp3) is 0.208. The van der Waals surface area contributed by atoms with Gasteiger partial charge >= 0.3 is 0 Å². The number of phenols is 1. The number of ether oxygens (including phenoxy) is 1. The Morgan fingerprint density at radius 3 is 2.70 bits per heavy atom. The van der Waals surface area contributed by atoms with Crippen LogP contribution in [0.5, 0.6) is 11.5 Å². The molecule has 1 aliphatic rings. The van der Waals surface area contributed by atoms with Gasteiger partial charge in [0.1, 0.15) is 18.1 Å². The van der Waals surface area contributed by atoms with Crippen LogP contribution in [0.25, 0.3) is 0 Å². The molecule has 138 valence electrons. The number of phenolic OH excluding ortho intramolecular Hbond substituents is 1. The molecule has 0 aromatic heterocycles. The Morgan fingerprint density at radius 1 is 1.22 bits per heavy atom. The van der Waals surface area contributed by atoms with Crippen LogP contribution in [-0.2, 0) is 11.2 Å². The molecule has 1 N–H and O–H groups in total. The van der Waals surface area contributed by atoms with Gasteiger partial charge in [0.2, 0.25) is 0 Å². The molecular formula is C24H24O3. The van der Waals surface area contributed by atoms with E-state index >= 15 is 0 Å². The number of carbonyl (C=O) groups is 1. The van der Waals surface area contributed by atoms with Gasteiger partial charge in [-0.1, -0.05) is 55.2 Å². The van der Waals surface area contributed by atoms with Crippen molar-refractivity contribution in [1.29, 1.82) is 0 Å². The molecule has 0 fully saturated rings. The van der Waals surface area contributed by atoms with E-state index in [-0.39, 0.29) is 18.4 Å². The maximum Gasteiger partial charge on any atom is 0.157 e. The van der Waals surface area contributed by atoms with Gasteiger partial charge in [-0.15, -0.1) is 0 Å². The number of allylic oxidation sites excluding steroid dienone is 4. The smallest absolute Gasteiger partial charge is 0.157 e. The molecule has 2 atom stereocenters. The fourth-order valence-electron chi connectivity index (χ4n) is 3.83. The maximum absolute atomic E-state index is 10.5. The van der Waals surface area contributed by atoms with Crippen molar-refractivity contribution in [2.24, 2.45) is 5.92 Å². The highest BCUT2D eigenvalue weighted by molar-refractivity contribution is 5.52. The molecule has 2 aromatic rings. The van der Waals surface area contributed by atoms with Crippen molar-refractivity contribution < 1.29 is 14.6 Å². The molecule has 0 spiro atoms. The lowest BCUT2D eigenvalue weighted by Crippen LogP contribution is -2.22. The largest absolute Gasteiger partial charge is 0.508 e. The van der Waals surface area contributed by atoms with Gasteiger partial charge in [-0.05, 0) is 59.7 Å². The van der Waals surface area contributed by atoms with Crippen LogP contribution < -0.4 is 4.74 Å². The molecular weight excluding hydrogens is 336 g/mol. The molecule has 1 aliphatic carbocycles. The zero-order valence-electron chi connectivity index (χ0n) is 15.3. The molecule has 3 nitrogen and oxygen atoms in total. The SMILES string of the molecule is C=C/C=C\C(=C)[C@H]1CCc2cc(O)ccc2[C@H]1c1ccc(OCC=O)cc1. The zero-order chi connectivity index (χ0) is 19.2. The van der Waals surface area contributed by atoms with Crippen molar-refractivity contribution >= 4 is 6.29 Å². The van der Waals surface area contributed by atoms with Crippen LogP contribution in [0.15, 0.2) is 79.4 Å². The van der Waals surface area contributed by atoms with Gasteiger partial charge in [0.05, 0.1) is 0 Å². The van der Waals surface area contributed by atoms with Crippen LogP contribution in [0.1, 0.15) is 29.0 Å². The first-order chi connectivity index (χ1) is 13.1. The monoisotopic (exact) mass is 360 g/mol. The van der Waals surface area contributed by atoms with E-state index in [2.05, 4.69) is 13.2 Å². The lowest BCUT2D eigenvalue weighted by Gasteiger charge is -2.35. The van der Waals surface area contributed by atoms with E-state index in [0.29, 0.717) is 11.5 Å². The number of aldehydes is 1. The maximum atomic E-state index is 10.5. The van der Waals surface area contributed by atoms with Crippen molar-refractivity contribution in [2.45, 2.75) is 18.8 Å². The first-order valence-corrected chi connectivity index (χ1v) is 9.10. The Kier molecular flexibility index (Phi) is 5.92. The summed E-state index contributed by atoms with van der Waals surface area (Å²) in [6.07, 6.45) is 8.31. The summed E-state index contributed by atoms with van der Waals surface area (Å²) in [7, 11) is 0. The van der Waals surface area contributed by atoms with Gasteiger partial charge in [0.15, 0.2) is 6.29 Å².